The highest BCUT2D eigenvalue weighted by molar-refractivity contribution is 5.89. The number of ether oxygens (including phenoxy) is 2. The van der Waals surface area contributed by atoms with Gasteiger partial charge in [-0.15, -0.1) is 0 Å². The second kappa shape index (κ2) is 9.50. The molecule has 0 aliphatic carbocycles. The number of anilines is 1. The molecule has 0 bridgehead atoms. The van der Waals surface area contributed by atoms with E-state index in [-0.39, 0.29) is 17.7 Å². The van der Waals surface area contributed by atoms with Crippen molar-refractivity contribution in [2.45, 2.75) is 31.6 Å². The summed E-state index contributed by atoms with van der Waals surface area (Å²) in [4.78, 5) is 24.5. The molecule has 2 aliphatic heterocycles. The molecule has 7 heteroatoms. The van der Waals surface area contributed by atoms with Gasteiger partial charge in [-0.1, -0.05) is 0 Å². The van der Waals surface area contributed by atoms with Crippen LogP contribution in [0.5, 0.6) is 0 Å². The van der Waals surface area contributed by atoms with Crippen LogP contribution in [-0.4, -0.2) is 67.3 Å². The number of carbonyl (C=O) groups excluding carboxylic acids is 1. The lowest BCUT2D eigenvalue weighted by molar-refractivity contribution is -0.139. The molecule has 4 heterocycles. The fourth-order valence-electron chi connectivity index (χ4n) is 4.33. The summed E-state index contributed by atoms with van der Waals surface area (Å²) in [5.41, 5.74) is 1.95. The minimum Gasteiger partial charge on any atom is -0.383 e. The van der Waals surface area contributed by atoms with E-state index >= 15 is 0 Å². The first-order valence-electron chi connectivity index (χ1n) is 10.6. The maximum Gasteiger partial charge on any atom is 0.225 e. The molecule has 0 radical (unpaired) electrons. The maximum atomic E-state index is 13.0. The van der Waals surface area contributed by atoms with Crippen LogP contribution in [0.25, 0.3) is 10.9 Å². The molecule has 0 saturated carbocycles. The van der Waals surface area contributed by atoms with E-state index < -0.39 is 0 Å². The molecule has 4 rings (SSSR count). The summed E-state index contributed by atoms with van der Waals surface area (Å²) in [5, 5.41) is 4.40. The fourth-order valence-corrected chi connectivity index (χ4v) is 4.33. The number of piperidine rings is 1. The number of likely N-dealkylation sites (tertiary alicyclic amines) is 1. The highest BCUT2D eigenvalue weighted by Crippen LogP contribution is 2.31. The minimum atomic E-state index is 0.111. The number of hydrogen-bond acceptors (Lipinski definition) is 6. The van der Waals surface area contributed by atoms with Crippen molar-refractivity contribution in [3.05, 3.63) is 30.1 Å². The third-order valence-electron chi connectivity index (χ3n) is 5.94. The van der Waals surface area contributed by atoms with Crippen LogP contribution in [0.3, 0.4) is 0 Å². The molecule has 2 aromatic heterocycles. The van der Waals surface area contributed by atoms with Crippen LogP contribution in [0.1, 0.15) is 37.3 Å². The summed E-state index contributed by atoms with van der Waals surface area (Å²) in [6.45, 7) is 4.28. The number of nitrogens with zero attached hydrogens (tertiary/aromatic N) is 3. The Morgan fingerprint density at radius 2 is 2.21 bits per heavy atom. The number of hydrogen-bond donors (Lipinski definition) is 1. The lowest BCUT2D eigenvalue weighted by Gasteiger charge is -2.35. The van der Waals surface area contributed by atoms with E-state index in [0.717, 1.165) is 61.2 Å². The van der Waals surface area contributed by atoms with Gasteiger partial charge in [0.1, 0.15) is 5.82 Å². The molecular formula is C22H30N4O3. The van der Waals surface area contributed by atoms with Crippen LogP contribution < -0.4 is 5.32 Å². The Hall–Kier alpha value is -2.25. The quantitative estimate of drug-likeness (QED) is 0.754. The van der Waals surface area contributed by atoms with Crippen molar-refractivity contribution in [2.24, 2.45) is 5.92 Å². The number of pyridine rings is 2. The third kappa shape index (κ3) is 4.67. The highest BCUT2D eigenvalue weighted by Gasteiger charge is 2.31. The van der Waals surface area contributed by atoms with Gasteiger partial charge < -0.3 is 19.7 Å². The Bertz CT molecular complexity index is 838. The van der Waals surface area contributed by atoms with Crippen LogP contribution in [0, 0.1) is 5.92 Å². The number of nitrogens with one attached hydrogen (secondary N) is 1. The zero-order chi connectivity index (χ0) is 20.1. The molecule has 2 saturated heterocycles. The Morgan fingerprint density at radius 1 is 1.34 bits per heavy atom. The predicted octanol–water partition coefficient (Wildman–Crippen LogP) is 2.82. The smallest absolute Gasteiger partial charge is 0.225 e. The van der Waals surface area contributed by atoms with E-state index in [1.807, 2.05) is 23.2 Å². The molecular weight excluding hydrogens is 368 g/mol. The number of fused-ring (bicyclic) bond motifs is 1. The van der Waals surface area contributed by atoms with Crippen molar-refractivity contribution in [2.75, 3.05) is 51.9 Å². The molecule has 2 fully saturated rings. The van der Waals surface area contributed by atoms with Crippen LogP contribution in [0.4, 0.5) is 5.82 Å². The second-order valence-corrected chi connectivity index (χ2v) is 7.90. The van der Waals surface area contributed by atoms with E-state index in [4.69, 9.17) is 14.5 Å². The van der Waals surface area contributed by atoms with Gasteiger partial charge >= 0.3 is 0 Å². The zero-order valence-electron chi connectivity index (χ0n) is 17.1. The molecule has 7 nitrogen and oxygen atoms in total. The molecule has 1 amide bonds. The van der Waals surface area contributed by atoms with Crippen molar-refractivity contribution >= 4 is 22.6 Å². The average Bonchev–Trinajstić information content (AvgIpc) is 2.79. The van der Waals surface area contributed by atoms with E-state index in [9.17, 15) is 4.79 Å². The summed E-state index contributed by atoms with van der Waals surface area (Å²) >= 11 is 0. The second-order valence-electron chi connectivity index (χ2n) is 7.90. The van der Waals surface area contributed by atoms with Crippen LogP contribution >= 0.6 is 0 Å². The van der Waals surface area contributed by atoms with Gasteiger partial charge in [0.05, 0.1) is 12.1 Å². The van der Waals surface area contributed by atoms with E-state index in [1.54, 1.807) is 7.11 Å². The molecule has 2 aromatic rings. The number of methoxy groups -OCH3 is 1. The van der Waals surface area contributed by atoms with Gasteiger partial charge in [-0.3, -0.25) is 9.78 Å². The molecule has 0 spiro atoms. The lowest BCUT2D eigenvalue weighted by Crippen LogP contribution is -2.43. The van der Waals surface area contributed by atoms with Gasteiger partial charge in [-0.25, -0.2) is 4.98 Å². The minimum absolute atomic E-state index is 0.111. The van der Waals surface area contributed by atoms with E-state index in [1.165, 1.54) is 0 Å². The Labute approximate surface area is 171 Å². The average molecular weight is 399 g/mol. The monoisotopic (exact) mass is 398 g/mol. The third-order valence-corrected chi connectivity index (χ3v) is 5.94. The normalized spacial score (nSPS) is 20.7. The molecule has 156 valence electrons. The Morgan fingerprint density at radius 3 is 3.03 bits per heavy atom. The first kappa shape index (κ1) is 20.0. The van der Waals surface area contributed by atoms with Gasteiger partial charge in [0, 0.05) is 69.1 Å². The molecule has 29 heavy (non-hydrogen) atoms. The fraction of sp³-hybridized carbons (Fsp3) is 0.591. The van der Waals surface area contributed by atoms with E-state index in [0.29, 0.717) is 26.4 Å². The number of rotatable bonds is 6. The molecule has 0 aromatic carbocycles. The largest absolute Gasteiger partial charge is 0.383 e. The summed E-state index contributed by atoms with van der Waals surface area (Å²) in [5.74, 6) is 1.48. The van der Waals surface area contributed by atoms with Gasteiger partial charge in [0.25, 0.3) is 0 Å². The number of aromatic nitrogens is 2. The van der Waals surface area contributed by atoms with Crippen LogP contribution in [0.15, 0.2) is 24.4 Å². The van der Waals surface area contributed by atoms with Crippen LogP contribution in [0.2, 0.25) is 0 Å². The first-order valence-corrected chi connectivity index (χ1v) is 10.6. The standard InChI is InChI=1S/C22H30N4O3/c1-28-13-9-24-21-18-5-2-8-23-20(18)14-19(25-21)17-4-3-10-26(15-17)22(27)16-6-11-29-12-7-16/h2,5,8,14,16-17H,3-4,6-7,9-13,15H2,1H3,(H,24,25)/t17-/m0/s1. The number of carbonyl (C=O) groups is 1. The summed E-state index contributed by atoms with van der Waals surface area (Å²) in [6, 6.07) is 6.06. The van der Waals surface area contributed by atoms with Gasteiger partial charge in [0.15, 0.2) is 0 Å². The summed E-state index contributed by atoms with van der Waals surface area (Å²) in [6.07, 6.45) is 5.54. The van der Waals surface area contributed by atoms with Gasteiger partial charge in [-0.05, 0) is 43.9 Å². The molecule has 2 aliphatic rings. The summed E-state index contributed by atoms with van der Waals surface area (Å²) in [7, 11) is 1.69. The van der Waals surface area contributed by atoms with Crippen molar-refractivity contribution in [3.63, 3.8) is 0 Å². The van der Waals surface area contributed by atoms with Crippen molar-refractivity contribution in [3.8, 4) is 0 Å². The molecule has 0 unspecified atom stereocenters. The SMILES string of the molecule is COCCNc1nc([C@H]2CCCN(C(=O)C3CCOCC3)C2)cc2ncccc12. The molecule has 1 atom stereocenters. The molecule has 1 N–H and O–H groups in total. The highest BCUT2D eigenvalue weighted by atomic mass is 16.5. The van der Waals surface area contributed by atoms with Gasteiger partial charge in [0.2, 0.25) is 5.91 Å². The van der Waals surface area contributed by atoms with Crippen molar-refractivity contribution in [1.29, 1.82) is 0 Å². The zero-order valence-corrected chi connectivity index (χ0v) is 17.1. The van der Waals surface area contributed by atoms with E-state index in [2.05, 4.69) is 16.4 Å². The van der Waals surface area contributed by atoms with Gasteiger partial charge in [-0.2, -0.15) is 0 Å². The number of amides is 1. The van der Waals surface area contributed by atoms with Crippen molar-refractivity contribution in [1.82, 2.24) is 14.9 Å². The lowest BCUT2D eigenvalue weighted by atomic mass is 9.91. The summed E-state index contributed by atoms with van der Waals surface area (Å²) < 4.78 is 10.6. The topological polar surface area (TPSA) is 76.6 Å². The van der Waals surface area contributed by atoms with Crippen LogP contribution in [-0.2, 0) is 14.3 Å². The predicted molar refractivity (Wildman–Crippen MR) is 112 cm³/mol. The first-order chi connectivity index (χ1) is 14.3. The Balaban J connectivity index is 1.54. The Kier molecular flexibility index (Phi) is 6.56. The maximum absolute atomic E-state index is 13.0. The van der Waals surface area contributed by atoms with Crippen molar-refractivity contribution < 1.29 is 14.3 Å².